The predicted octanol–water partition coefficient (Wildman–Crippen LogP) is 2.67. The number of amides is 1. The van der Waals surface area contributed by atoms with E-state index < -0.39 is 0 Å². The first kappa shape index (κ1) is 10.6. The zero-order valence-electron chi connectivity index (χ0n) is 8.66. The molecule has 80 valence electrons. The van der Waals surface area contributed by atoms with E-state index in [4.69, 9.17) is 0 Å². The molecule has 1 amide bonds. The van der Waals surface area contributed by atoms with Gasteiger partial charge in [-0.1, -0.05) is 0 Å². The summed E-state index contributed by atoms with van der Waals surface area (Å²) >= 11 is 3.40. The molecule has 0 bridgehead atoms. The van der Waals surface area contributed by atoms with Gasteiger partial charge in [0.05, 0.1) is 0 Å². The second kappa shape index (κ2) is 4.31. The number of rotatable bonds is 1. The molecule has 0 saturated carbocycles. The summed E-state index contributed by atoms with van der Waals surface area (Å²) in [4.78, 5) is 17.7. The molecule has 2 rings (SSSR count). The minimum absolute atomic E-state index is 0.190. The van der Waals surface area contributed by atoms with Gasteiger partial charge in [0.2, 0.25) is 5.91 Å². The molecule has 0 atom stereocenters. The Labute approximate surface area is 97.6 Å². The highest BCUT2D eigenvalue weighted by Crippen LogP contribution is 2.23. The van der Waals surface area contributed by atoms with Gasteiger partial charge in [0.15, 0.2) is 0 Å². The highest BCUT2D eigenvalue weighted by Gasteiger charge is 2.20. The summed E-state index contributed by atoms with van der Waals surface area (Å²) in [6.07, 6.45) is 4.48. The maximum atomic E-state index is 11.7. The first-order chi connectivity index (χ1) is 7.18. The standard InChI is InChI=1S/C11H13BrN2O/c1-8-6-10(13-7-9(8)12)14-5-3-2-4-11(14)15/h6-7H,2-5H2,1H3. The Kier molecular flexibility index (Phi) is 3.05. The normalized spacial score (nSPS) is 16.9. The second-order valence-electron chi connectivity index (χ2n) is 3.79. The maximum absolute atomic E-state index is 11.7. The van der Waals surface area contributed by atoms with Crippen LogP contribution in [-0.2, 0) is 4.79 Å². The summed E-state index contributed by atoms with van der Waals surface area (Å²) in [6, 6.07) is 1.95. The lowest BCUT2D eigenvalue weighted by Crippen LogP contribution is -2.35. The van der Waals surface area contributed by atoms with E-state index in [0.717, 1.165) is 35.2 Å². The Bertz CT molecular complexity index is 392. The van der Waals surface area contributed by atoms with Crippen LogP contribution in [0.1, 0.15) is 24.8 Å². The highest BCUT2D eigenvalue weighted by molar-refractivity contribution is 9.10. The number of aryl methyl sites for hydroxylation is 1. The van der Waals surface area contributed by atoms with E-state index in [1.165, 1.54) is 0 Å². The summed E-state index contributed by atoms with van der Waals surface area (Å²) in [6.45, 7) is 2.80. The summed E-state index contributed by atoms with van der Waals surface area (Å²) < 4.78 is 0.982. The summed E-state index contributed by atoms with van der Waals surface area (Å²) in [5.74, 6) is 0.968. The minimum atomic E-state index is 0.190. The number of pyridine rings is 1. The van der Waals surface area contributed by atoms with Crippen molar-refractivity contribution in [1.82, 2.24) is 4.98 Å². The molecule has 1 aliphatic rings. The van der Waals surface area contributed by atoms with Crippen molar-refractivity contribution >= 4 is 27.7 Å². The third-order valence-electron chi connectivity index (χ3n) is 2.63. The lowest BCUT2D eigenvalue weighted by Gasteiger charge is -2.25. The minimum Gasteiger partial charge on any atom is -0.297 e. The van der Waals surface area contributed by atoms with Gasteiger partial charge in [0, 0.05) is 23.6 Å². The van der Waals surface area contributed by atoms with Crippen molar-refractivity contribution < 1.29 is 4.79 Å². The van der Waals surface area contributed by atoms with E-state index >= 15 is 0 Å². The first-order valence-electron chi connectivity index (χ1n) is 5.11. The van der Waals surface area contributed by atoms with Crippen LogP contribution in [0, 0.1) is 6.92 Å². The maximum Gasteiger partial charge on any atom is 0.228 e. The molecule has 3 nitrogen and oxygen atoms in total. The van der Waals surface area contributed by atoms with Crippen LogP contribution in [0.15, 0.2) is 16.7 Å². The van der Waals surface area contributed by atoms with Gasteiger partial charge in [-0.3, -0.25) is 9.69 Å². The molecule has 0 N–H and O–H groups in total. The van der Waals surface area contributed by atoms with Gasteiger partial charge in [-0.25, -0.2) is 4.98 Å². The van der Waals surface area contributed by atoms with Crippen LogP contribution in [0.4, 0.5) is 5.82 Å². The number of anilines is 1. The van der Waals surface area contributed by atoms with Crippen molar-refractivity contribution in [3.8, 4) is 0 Å². The van der Waals surface area contributed by atoms with Crippen molar-refractivity contribution in [1.29, 1.82) is 0 Å². The van der Waals surface area contributed by atoms with Gasteiger partial charge < -0.3 is 0 Å². The van der Waals surface area contributed by atoms with Gasteiger partial charge in [0.1, 0.15) is 5.82 Å². The van der Waals surface area contributed by atoms with E-state index in [9.17, 15) is 4.79 Å². The van der Waals surface area contributed by atoms with Crippen LogP contribution < -0.4 is 4.90 Å². The Morgan fingerprint density at radius 1 is 1.47 bits per heavy atom. The van der Waals surface area contributed by atoms with Crippen LogP contribution in [0.5, 0.6) is 0 Å². The van der Waals surface area contributed by atoms with Crippen molar-refractivity contribution in [3.05, 3.63) is 22.3 Å². The molecular weight excluding hydrogens is 256 g/mol. The van der Waals surface area contributed by atoms with Crippen molar-refractivity contribution in [2.45, 2.75) is 26.2 Å². The fraction of sp³-hybridized carbons (Fsp3) is 0.455. The number of halogens is 1. The van der Waals surface area contributed by atoms with Crippen molar-refractivity contribution in [2.24, 2.45) is 0 Å². The van der Waals surface area contributed by atoms with Gasteiger partial charge >= 0.3 is 0 Å². The molecule has 1 aliphatic heterocycles. The fourth-order valence-corrected chi connectivity index (χ4v) is 1.94. The third-order valence-corrected chi connectivity index (χ3v) is 3.46. The second-order valence-corrected chi connectivity index (χ2v) is 4.65. The number of carbonyl (C=O) groups excluding carboxylic acids is 1. The smallest absolute Gasteiger partial charge is 0.228 e. The Morgan fingerprint density at radius 3 is 2.93 bits per heavy atom. The predicted molar refractivity (Wildman–Crippen MR) is 62.9 cm³/mol. The quantitative estimate of drug-likeness (QED) is 0.785. The molecule has 4 heteroatoms. The number of hydrogen-bond acceptors (Lipinski definition) is 2. The van der Waals surface area contributed by atoms with E-state index in [1.807, 2.05) is 13.0 Å². The van der Waals surface area contributed by atoms with Crippen LogP contribution in [0.25, 0.3) is 0 Å². The number of piperidine rings is 1. The zero-order chi connectivity index (χ0) is 10.8. The molecule has 1 fully saturated rings. The van der Waals surface area contributed by atoms with Crippen LogP contribution in [-0.4, -0.2) is 17.4 Å². The molecule has 15 heavy (non-hydrogen) atoms. The number of hydrogen-bond donors (Lipinski definition) is 0. The summed E-state index contributed by atoms with van der Waals surface area (Å²) in [5.41, 5.74) is 1.11. The average Bonchev–Trinajstić information content (AvgIpc) is 2.23. The molecule has 0 spiro atoms. The lowest BCUT2D eigenvalue weighted by molar-refractivity contribution is -0.119. The van der Waals surface area contributed by atoms with Gasteiger partial charge in [-0.05, 0) is 47.3 Å². The van der Waals surface area contributed by atoms with E-state index in [1.54, 1.807) is 11.1 Å². The molecule has 1 saturated heterocycles. The molecule has 1 aromatic heterocycles. The Morgan fingerprint density at radius 2 is 2.27 bits per heavy atom. The van der Waals surface area contributed by atoms with Crippen LogP contribution in [0.3, 0.4) is 0 Å². The molecule has 0 unspecified atom stereocenters. The molecule has 0 aliphatic carbocycles. The average molecular weight is 269 g/mol. The summed E-state index contributed by atoms with van der Waals surface area (Å²) in [5, 5.41) is 0. The molecule has 1 aromatic rings. The number of aromatic nitrogens is 1. The number of carbonyl (C=O) groups is 1. The molecule has 0 radical (unpaired) electrons. The van der Waals surface area contributed by atoms with Crippen molar-refractivity contribution in [3.63, 3.8) is 0 Å². The van der Waals surface area contributed by atoms with Crippen molar-refractivity contribution in [2.75, 3.05) is 11.4 Å². The number of nitrogens with zero attached hydrogens (tertiary/aromatic N) is 2. The topological polar surface area (TPSA) is 33.2 Å². The molecular formula is C11H13BrN2O. The van der Waals surface area contributed by atoms with Gasteiger partial charge in [-0.15, -0.1) is 0 Å². The fourth-order valence-electron chi connectivity index (χ4n) is 1.72. The Hall–Kier alpha value is -0.900. The van der Waals surface area contributed by atoms with Gasteiger partial charge in [0.25, 0.3) is 0 Å². The van der Waals surface area contributed by atoms with E-state index in [-0.39, 0.29) is 5.91 Å². The van der Waals surface area contributed by atoms with E-state index in [2.05, 4.69) is 20.9 Å². The zero-order valence-corrected chi connectivity index (χ0v) is 10.2. The van der Waals surface area contributed by atoms with Crippen LogP contribution >= 0.6 is 15.9 Å². The molecule has 0 aromatic carbocycles. The van der Waals surface area contributed by atoms with Crippen LogP contribution in [0.2, 0.25) is 0 Å². The van der Waals surface area contributed by atoms with Gasteiger partial charge in [-0.2, -0.15) is 0 Å². The highest BCUT2D eigenvalue weighted by atomic mass is 79.9. The lowest BCUT2D eigenvalue weighted by atomic mass is 10.1. The largest absolute Gasteiger partial charge is 0.297 e. The Balaban J connectivity index is 2.28. The monoisotopic (exact) mass is 268 g/mol. The first-order valence-corrected chi connectivity index (χ1v) is 5.90. The van der Waals surface area contributed by atoms with E-state index in [0.29, 0.717) is 6.42 Å². The molecule has 2 heterocycles. The third kappa shape index (κ3) is 2.20. The SMILES string of the molecule is Cc1cc(N2CCCCC2=O)ncc1Br. The summed E-state index contributed by atoms with van der Waals surface area (Å²) in [7, 11) is 0.